The smallest absolute Gasteiger partial charge is 0.160 e. The fraction of sp³-hybridized carbons (Fsp3) is 0.133. The van der Waals surface area contributed by atoms with Crippen molar-refractivity contribution in [3.05, 3.63) is 66.2 Å². The molecule has 0 fully saturated rings. The molecule has 0 aliphatic carbocycles. The standard InChI is InChI=1S/C15H14N2O/c18-15(11-13-7-3-1-4-8-13)12-16-17-14-9-5-2-6-10-14/h1-10H,11-12H2. The minimum atomic E-state index is 0.0703. The Morgan fingerprint density at radius 2 is 1.50 bits per heavy atom. The van der Waals surface area contributed by atoms with Crippen LogP contribution < -0.4 is 0 Å². The molecule has 90 valence electrons. The van der Waals surface area contributed by atoms with Gasteiger partial charge in [-0.05, 0) is 17.7 Å². The van der Waals surface area contributed by atoms with Crippen LogP contribution in [0.4, 0.5) is 5.69 Å². The third-order valence-electron chi connectivity index (χ3n) is 2.43. The van der Waals surface area contributed by atoms with Gasteiger partial charge in [0.2, 0.25) is 0 Å². The minimum Gasteiger partial charge on any atom is -0.297 e. The highest BCUT2D eigenvalue weighted by Crippen LogP contribution is 2.10. The molecule has 0 saturated carbocycles. The fourth-order valence-electron chi connectivity index (χ4n) is 1.57. The van der Waals surface area contributed by atoms with Gasteiger partial charge in [0.25, 0.3) is 0 Å². The quantitative estimate of drug-likeness (QED) is 0.734. The Balaban J connectivity index is 1.84. The number of nitrogens with zero attached hydrogens (tertiary/aromatic N) is 2. The van der Waals surface area contributed by atoms with Gasteiger partial charge in [0.05, 0.1) is 5.69 Å². The van der Waals surface area contributed by atoms with Crippen LogP contribution in [0.5, 0.6) is 0 Å². The molecular formula is C15H14N2O. The minimum absolute atomic E-state index is 0.0703. The van der Waals surface area contributed by atoms with Crippen LogP contribution >= 0.6 is 0 Å². The van der Waals surface area contributed by atoms with E-state index in [4.69, 9.17) is 0 Å². The van der Waals surface area contributed by atoms with Crippen LogP contribution in [0.2, 0.25) is 0 Å². The maximum atomic E-state index is 11.6. The highest BCUT2D eigenvalue weighted by atomic mass is 16.1. The van der Waals surface area contributed by atoms with Crippen LogP contribution in [-0.2, 0) is 11.2 Å². The molecular weight excluding hydrogens is 224 g/mol. The number of azo groups is 1. The van der Waals surface area contributed by atoms with Crippen LogP contribution in [0, 0.1) is 0 Å². The van der Waals surface area contributed by atoms with Crippen molar-refractivity contribution < 1.29 is 4.79 Å². The summed E-state index contributed by atoms with van der Waals surface area (Å²) in [4.78, 5) is 11.6. The second kappa shape index (κ2) is 6.45. The Morgan fingerprint density at radius 1 is 0.889 bits per heavy atom. The zero-order valence-corrected chi connectivity index (χ0v) is 9.99. The Morgan fingerprint density at radius 3 is 2.17 bits per heavy atom. The lowest BCUT2D eigenvalue weighted by Gasteiger charge is -1.97. The van der Waals surface area contributed by atoms with Crippen LogP contribution in [-0.4, -0.2) is 12.3 Å². The van der Waals surface area contributed by atoms with E-state index in [9.17, 15) is 4.79 Å². The lowest BCUT2D eigenvalue weighted by Crippen LogP contribution is -2.05. The number of ketones is 1. The second-order valence-electron chi connectivity index (χ2n) is 3.94. The monoisotopic (exact) mass is 238 g/mol. The molecule has 2 aromatic carbocycles. The molecule has 0 aromatic heterocycles. The number of Topliss-reactive ketones (excluding diaryl/α,β-unsaturated/α-hetero) is 1. The van der Waals surface area contributed by atoms with E-state index in [1.165, 1.54) is 0 Å². The molecule has 2 aromatic rings. The van der Waals surface area contributed by atoms with Gasteiger partial charge in [-0.1, -0.05) is 48.5 Å². The topological polar surface area (TPSA) is 41.8 Å². The van der Waals surface area contributed by atoms with Gasteiger partial charge in [-0.15, -0.1) is 0 Å². The van der Waals surface area contributed by atoms with Crippen molar-refractivity contribution in [3.63, 3.8) is 0 Å². The highest BCUT2D eigenvalue weighted by molar-refractivity contribution is 5.82. The Labute approximate surface area is 106 Å². The average molecular weight is 238 g/mol. The predicted octanol–water partition coefficient (Wildman–Crippen LogP) is 3.58. The zero-order valence-electron chi connectivity index (χ0n) is 9.99. The van der Waals surface area contributed by atoms with Gasteiger partial charge in [-0.2, -0.15) is 10.2 Å². The van der Waals surface area contributed by atoms with E-state index in [2.05, 4.69) is 10.2 Å². The Hall–Kier alpha value is -2.29. The summed E-state index contributed by atoms with van der Waals surface area (Å²) in [5.41, 5.74) is 1.78. The molecule has 0 atom stereocenters. The third-order valence-corrected chi connectivity index (χ3v) is 2.43. The molecule has 2 rings (SSSR count). The first kappa shape index (κ1) is 12.2. The zero-order chi connectivity index (χ0) is 12.6. The Bertz CT molecular complexity index is 521. The molecule has 0 bridgehead atoms. The Kier molecular flexibility index (Phi) is 4.36. The molecule has 0 aliphatic heterocycles. The second-order valence-corrected chi connectivity index (χ2v) is 3.94. The van der Waals surface area contributed by atoms with Gasteiger partial charge >= 0.3 is 0 Å². The summed E-state index contributed by atoms with van der Waals surface area (Å²) >= 11 is 0. The van der Waals surface area contributed by atoms with Crippen molar-refractivity contribution in [2.75, 3.05) is 6.54 Å². The van der Waals surface area contributed by atoms with Gasteiger partial charge in [0.1, 0.15) is 6.54 Å². The molecule has 0 amide bonds. The van der Waals surface area contributed by atoms with Crippen molar-refractivity contribution in [2.24, 2.45) is 10.2 Å². The van der Waals surface area contributed by atoms with E-state index in [-0.39, 0.29) is 12.3 Å². The maximum Gasteiger partial charge on any atom is 0.160 e. The summed E-state index contributed by atoms with van der Waals surface area (Å²) in [6.07, 6.45) is 0.411. The first-order chi connectivity index (χ1) is 8.84. The third kappa shape index (κ3) is 3.94. The predicted molar refractivity (Wildman–Crippen MR) is 71.0 cm³/mol. The van der Waals surface area contributed by atoms with Gasteiger partial charge in [0, 0.05) is 6.42 Å². The van der Waals surface area contributed by atoms with Gasteiger partial charge in [0.15, 0.2) is 5.78 Å². The van der Waals surface area contributed by atoms with Crippen molar-refractivity contribution in [1.82, 2.24) is 0 Å². The number of carbonyl (C=O) groups excluding carboxylic acids is 1. The number of hydrogen-bond donors (Lipinski definition) is 0. The summed E-state index contributed by atoms with van der Waals surface area (Å²) in [6, 6.07) is 19.1. The molecule has 0 spiro atoms. The first-order valence-electron chi connectivity index (χ1n) is 5.83. The summed E-state index contributed by atoms with van der Waals surface area (Å²) in [5, 5.41) is 7.91. The number of rotatable bonds is 5. The average Bonchev–Trinajstić information content (AvgIpc) is 2.41. The molecule has 3 heteroatoms. The van der Waals surface area contributed by atoms with Crippen LogP contribution in [0.1, 0.15) is 5.56 Å². The molecule has 0 unspecified atom stereocenters. The fourth-order valence-corrected chi connectivity index (χ4v) is 1.57. The lowest BCUT2D eigenvalue weighted by atomic mass is 10.1. The van der Waals surface area contributed by atoms with Gasteiger partial charge in [-0.3, -0.25) is 4.79 Å². The molecule has 0 saturated heterocycles. The normalized spacial score (nSPS) is 10.7. The van der Waals surface area contributed by atoms with Crippen molar-refractivity contribution in [1.29, 1.82) is 0 Å². The molecule has 0 heterocycles. The van der Waals surface area contributed by atoms with E-state index in [0.717, 1.165) is 11.3 Å². The van der Waals surface area contributed by atoms with Crippen LogP contribution in [0.15, 0.2) is 70.9 Å². The lowest BCUT2D eigenvalue weighted by molar-refractivity contribution is -0.117. The van der Waals surface area contributed by atoms with Crippen LogP contribution in [0.3, 0.4) is 0 Å². The van der Waals surface area contributed by atoms with E-state index in [0.29, 0.717) is 6.42 Å². The summed E-state index contributed by atoms with van der Waals surface area (Å²) in [6.45, 7) is 0.129. The van der Waals surface area contributed by atoms with Crippen molar-refractivity contribution >= 4 is 11.5 Å². The molecule has 18 heavy (non-hydrogen) atoms. The molecule has 0 aliphatic rings. The molecule has 0 N–H and O–H groups in total. The van der Waals surface area contributed by atoms with Gasteiger partial charge in [-0.25, -0.2) is 0 Å². The van der Waals surface area contributed by atoms with E-state index in [1.54, 1.807) is 0 Å². The van der Waals surface area contributed by atoms with E-state index >= 15 is 0 Å². The first-order valence-corrected chi connectivity index (χ1v) is 5.83. The largest absolute Gasteiger partial charge is 0.297 e. The van der Waals surface area contributed by atoms with Gasteiger partial charge < -0.3 is 0 Å². The number of carbonyl (C=O) groups is 1. The molecule has 3 nitrogen and oxygen atoms in total. The summed E-state index contributed by atoms with van der Waals surface area (Å²) < 4.78 is 0. The SMILES string of the molecule is O=C(CN=Nc1ccccc1)Cc1ccccc1. The maximum absolute atomic E-state index is 11.6. The highest BCUT2D eigenvalue weighted by Gasteiger charge is 2.01. The van der Waals surface area contributed by atoms with Crippen LogP contribution in [0.25, 0.3) is 0 Å². The number of hydrogen-bond acceptors (Lipinski definition) is 3. The summed E-state index contributed by atoms with van der Waals surface area (Å²) in [7, 11) is 0. The van der Waals surface area contributed by atoms with Crippen molar-refractivity contribution in [3.8, 4) is 0 Å². The van der Waals surface area contributed by atoms with E-state index in [1.807, 2.05) is 60.7 Å². The number of benzene rings is 2. The van der Waals surface area contributed by atoms with E-state index < -0.39 is 0 Å². The molecule has 0 radical (unpaired) electrons. The summed E-state index contributed by atoms with van der Waals surface area (Å²) in [5.74, 6) is 0.0703. The van der Waals surface area contributed by atoms with Crippen molar-refractivity contribution in [2.45, 2.75) is 6.42 Å².